The van der Waals surface area contributed by atoms with Gasteiger partial charge in [0.15, 0.2) is 28.7 Å². The standard InChI is InChI=1S/C34H46FN6O9P/c1-4-6-7-8-9-10-11-15-18-47-32(45)23(3)50-51(46,40-25(31(43)44)19-24-16-13-12-14-17-24)48-21-34(5-2)26(42)20-27(49-34)41-22-37-28-29(36)38-33(35)39-30(28)41/h2,12-14,16-17,22-23,25-27,42H,4,6-11,15,18-21H2,1,3H3,(H,40,46)(H,43,44)(H2,36,38,39)/t23-,25-,26-,27+,34+,51-/m0/s1. The fraction of sp³-hybridized carbons (Fsp3) is 0.559. The van der Waals surface area contributed by atoms with Gasteiger partial charge in [0.1, 0.15) is 25.0 Å². The first-order chi connectivity index (χ1) is 24.4. The summed E-state index contributed by atoms with van der Waals surface area (Å²) < 4.78 is 52.3. The van der Waals surface area contributed by atoms with E-state index in [1.54, 1.807) is 30.3 Å². The summed E-state index contributed by atoms with van der Waals surface area (Å²) in [6, 6.07) is 7.08. The Labute approximate surface area is 296 Å². The van der Waals surface area contributed by atoms with Crippen molar-refractivity contribution < 1.29 is 47.3 Å². The van der Waals surface area contributed by atoms with Crippen molar-refractivity contribution in [2.24, 2.45) is 0 Å². The summed E-state index contributed by atoms with van der Waals surface area (Å²) in [6.45, 7) is 2.81. The first kappa shape index (κ1) is 39.8. The molecule has 1 aliphatic heterocycles. The molecule has 2 aromatic heterocycles. The Morgan fingerprint density at radius 1 is 1.20 bits per heavy atom. The minimum absolute atomic E-state index is 0.0221. The fourth-order valence-electron chi connectivity index (χ4n) is 5.63. The van der Waals surface area contributed by atoms with Gasteiger partial charge in [-0.1, -0.05) is 88.1 Å². The summed E-state index contributed by atoms with van der Waals surface area (Å²) in [7, 11) is -4.73. The third-order valence-corrected chi connectivity index (χ3v) is 10.2. The zero-order chi connectivity index (χ0) is 37.0. The van der Waals surface area contributed by atoms with Crippen molar-refractivity contribution in [1.29, 1.82) is 0 Å². The number of esters is 1. The Kier molecular flexibility index (Phi) is 14.4. The number of aliphatic carboxylic acids is 1. The van der Waals surface area contributed by atoms with Crippen LogP contribution in [0.2, 0.25) is 0 Å². The number of ether oxygens (including phenoxy) is 2. The van der Waals surface area contributed by atoms with E-state index in [9.17, 15) is 28.8 Å². The molecule has 6 atom stereocenters. The number of nitrogens with one attached hydrogen (secondary N) is 1. The van der Waals surface area contributed by atoms with Crippen LogP contribution < -0.4 is 10.8 Å². The summed E-state index contributed by atoms with van der Waals surface area (Å²) >= 11 is 0. The van der Waals surface area contributed by atoms with Crippen molar-refractivity contribution in [2.45, 2.75) is 108 Å². The maximum Gasteiger partial charge on any atom is 0.407 e. The van der Waals surface area contributed by atoms with Gasteiger partial charge in [0.25, 0.3) is 0 Å². The number of carbonyl (C=O) groups is 2. The zero-order valence-corrected chi connectivity index (χ0v) is 29.7. The number of fused-ring (bicyclic) bond motifs is 1. The van der Waals surface area contributed by atoms with Crippen molar-refractivity contribution in [3.8, 4) is 12.3 Å². The van der Waals surface area contributed by atoms with E-state index < -0.39 is 62.4 Å². The van der Waals surface area contributed by atoms with Gasteiger partial charge in [0.05, 0.1) is 12.9 Å². The predicted octanol–water partition coefficient (Wildman–Crippen LogP) is 4.70. The van der Waals surface area contributed by atoms with E-state index in [1.807, 2.05) is 0 Å². The summed E-state index contributed by atoms with van der Waals surface area (Å²) in [4.78, 5) is 36.5. The number of halogens is 1. The average molecular weight is 733 g/mol. The number of rotatable bonds is 21. The minimum atomic E-state index is -4.73. The number of nitrogen functional groups attached to an aromatic ring is 1. The summed E-state index contributed by atoms with van der Waals surface area (Å²) in [5.74, 6) is -0.0757. The van der Waals surface area contributed by atoms with Gasteiger partial charge in [-0.2, -0.15) is 14.4 Å². The van der Waals surface area contributed by atoms with E-state index in [0.717, 1.165) is 25.7 Å². The summed E-state index contributed by atoms with van der Waals surface area (Å²) in [5, 5.41) is 23.6. The van der Waals surface area contributed by atoms with E-state index in [0.29, 0.717) is 12.0 Å². The third kappa shape index (κ3) is 10.8. The van der Waals surface area contributed by atoms with Crippen molar-refractivity contribution in [3.05, 3.63) is 48.3 Å². The molecule has 0 amide bonds. The number of nitrogens with zero attached hydrogens (tertiary/aromatic N) is 4. The number of anilines is 1. The largest absolute Gasteiger partial charge is 0.480 e. The molecule has 0 unspecified atom stereocenters. The first-order valence-electron chi connectivity index (χ1n) is 17.0. The highest BCUT2D eigenvalue weighted by Crippen LogP contribution is 2.49. The number of imidazole rings is 1. The fourth-order valence-corrected chi connectivity index (χ4v) is 7.27. The van der Waals surface area contributed by atoms with Crippen LogP contribution in [0.15, 0.2) is 36.7 Å². The van der Waals surface area contributed by atoms with Gasteiger partial charge in [0.2, 0.25) is 0 Å². The molecular weight excluding hydrogens is 686 g/mol. The molecule has 0 radical (unpaired) electrons. The number of aromatic nitrogens is 4. The summed E-state index contributed by atoms with van der Waals surface area (Å²) in [6.07, 6.45) is 10.1. The van der Waals surface area contributed by atoms with Gasteiger partial charge < -0.3 is 25.4 Å². The number of unbranched alkanes of at least 4 members (excludes halogenated alkanes) is 7. The van der Waals surface area contributed by atoms with Crippen molar-refractivity contribution in [2.75, 3.05) is 18.9 Å². The van der Waals surface area contributed by atoms with E-state index in [-0.39, 0.29) is 36.4 Å². The molecule has 278 valence electrons. The summed E-state index contributed by atoms with van der Waals surface area (Å²) in [5.41, 5.74) is 4.48. The number of carbonyl (C=O) groups excluding carboxylic acids is 1. The number of hydrogen-bond acceptors (Lipinski definition) is 12. The number of nitrogens with two attached hydrogens (primary N) is 1. The molecule has 5 N–H and O–H groups in total. The van der Waals surface area contributed by atoms with E-state index >= 15 is 0 Å². The molecule has 1 saturated heterocycles. The van der Waals surface area contributed by atoms with Gasteiger partial charge in [-0.05, 0) is 25.3 Å². The smallest absolute Gasteiger partial charge is 0.407 e. The van der Waals surface area contributed by atoms with Gasteiger partial charge >= 0.3 is 25.8 Å². The van der Waals surface area contributed by atoms with Gasteiger partial charge in [-0.15, -0.1) is 6.42 Å². The Balaban J connectivity index is 1.47. The molecule has 4 rings (SSSR count). The van der Waals surface area contributed by atoms with Crippen LogP contribution in [0.25, 0.3) is 11.2 Å². The molecule has 0 spiro atoms. The van der Waals surface area contributed by atoms with Crippen LogP contribution in [0.1, 0.15) is 83.4 Å². The highest BCUT2D eigenvalue weighted by Gasteiger charge is 2.50. The normalized spacial score (nSPS) is 21.2. The van der Waals surface area contributed by atoms with E-state index in [4.69, 9.17) is 30.7 Å². The molecule has 1 fully saturated rings. The molecule has 0 saturated carbocycles. The second-order valence-corrected chi connectivity index (χ2v) is 14.2. The molecular formula is C34H46FN6O9P. The van der Waals surface area contributed by atoms with Crippen molar-refractivity contribution in [1.82, 2.24) is 24.6 Å². The number of benzene rings is 1. The molecule has 3 heterocycles. The van der Waals surface area contributed by atoms with Crippen molar-refractivity contribution >= 4 is 36.7 Å². The molecule has 1 aliphatic rings. The minimum Gasteiger partial charge on any atom is -0.480 e. The zero-order valence-electron chi connectivity index (χ0n) is 28.8. The molecule has 51 heavy (non-hydrogen) atoms. The first-order valence-corrected chi connectivity index (χ1v) is 18.6. The number of carboxylic acid groups (broad SMARTS) is 1. The lowest BCUT2D eigenvalue weighted by Gasteiger charge is -2.30. The van der Waals surface area contributed by atoms with Crippen molar-refractivity contribution in [3.63, 3.8) is 0 Å². The van der Waals surface area contributed by atoms with Crippen LogP contribution in [0.4, 0.5) is 10.2 Å². The molecule has 17 heteroatoms. The monoisotopic (exact) mass is 732 g/mol. The predicted molar refractivity (Wildman–Crippen MR) is 184 cm³/mol. The second-order valence-electron chi connectivity index (χ2n) is 12.4. The lowest BCUT2D eigenvalue weighted by Crippen LogP contribution is -2.44. The topological polar surface area (TPSA) is 210 Å². The lowest BCUT2D eigenvalue weighted by molar-refractivity contribution is -0.152. The van der Waals surface area contributed by atoms with E-state index in [1.165, 1.54) is 37.1 Å². The SMILES string of the molecule is C#C[C@]1(CO[P@@](=O)(N[C@@H](Cc2ccccc2)C(=O)O)O[C@@H](C)C(=O)OCCCCCCCCCC)O[C@@H](n2cnc3c(N)nc(F)nc32)C[C@@H]1O. The van der Waals surface area contributed by atoms with Gasteiger partial charge in [-0.3, -0.25) is 18.4 Å². The van der Waals surface area contributed by atoms with E-state index in [2.05, 4.69) is 32.9 Å². The average Bonchev–Trinajstić information content (AvgIpc) is 3.67. The highest BCUT2D eigenvalue weighted by atomic mass is 31.2. The molecule has 0 bridgehead atoms. The quantitative estimate of drug-likeness (QED) is 0.0385. The molecule has 3 aromatic rings. The second kappa shape index (κ2) is 18.5. The maximum absolute atomic E-state index is 14.3. The third-order valence-electron chi connectivity index (χ3n) is 8.50. The van der Waals surface area contributed by atoms with Gasteiger partial charge in [-0.25, -0.2) is 19.4 Å². The number of carboxylic acids is 1. The van der Waals surface area contributed by atoms with Crippen LogP contribution in [-0.4, -0.2) is 78.7 Å². The number of aliphatic hydroxyl groups is 1. The Bertz CT molecular complexity index is 1710. The molecule has 1 aromatic carbocycles. The van der Waals surface area contributed by atoms with Gasteiger partial charge in [0, 0.05) is 6.42 Å². The Morgan fingerprint density at radius 3 is 2.55 bits per heavy atom. The van der Waals surface area contributed by atoms with Crippen LogP contribution in [0.5, 0.6) is 0 Å². The Morgan fingerprint density at radius 2 is 1.88 bits per heavy atom. The number of aliphatic hydroxyl groups excluding tert-OH is 1. The maximum atomic E-state index is 14.3. The number of hydrogen-bond donors (Lipinski definition) is 4. The molecule has 0 aliphatic carbocycles. The lowest BCUT2D eigenvalue weighted by atomic mass is 9.99. The van der Waals surface area contributed by atoms with Crippen LogP contribution >= 0.6 is 7.75 Å². The van der Waals surface area contributed by atoms with Crippen LogP contribution in [0.3, 0.4) is 0 Å². The van der Waals surface area contributed by atoms with Crippen LogP contribution in [0, 0.1) is 18.4 Å². The molecule has 15 nitrogen and oxygen atoms in total. The highest BCUT2D eigenvalue weighted by molar-refractivity contribution is 7.51. The number of terminal acetylenes is 1. The Hall–Kier alpha value is -3.97. The van der Waals surface area contributed by atoms with Crippen LogP contribution in [-0.2, 0) is 39.1 Å².